The number of halogens is 1. The number of para-hydroxylation sites is 2. The molecule has 1 fully saturated rings. The maximum absolute atomic E-state index is 14.8. The van der Waals surface area contributed by atoms with Gasteiger partial charge in [0.2, 0.25) is 5.91 Å². The lowest BCUT2D eigenvalue weighted by atomic mass is 9.64. The molecule has 4 atom stereocenters. The summed E-state index contributed by atoms with van der Waals surface area (Å²) in [6.07, 6.45) is 3.78. The van der Waals surface area contributed by atoms with Crippen LogP contribution in [-0.4, -0.2) is 34.5 Å². The van der Waals surface area contributed by atoms with Crippen molar-refractivity contribution in [1.82, 2.24) is 0 Å². The van der Waals surface area contributed by atoms with Crippen molar-refractivity contribution in [2.75, 3.05) is 10.2 Å². The number of Topliss-reactive ketones (excluding diaryl/α,β-unsaturated/α-hetero) is 2. The summed E-state index contributed by atoms with van der Waals surface area (Å²) in [6, 6.07) is 24.8. The van der Waals surface area contributed by atoms with Crippen molar-refractivity contribution in [3.8, 4) is 0 Å². The Balaban J connectivity index is 1.54. The molecule has 0 aliphatic carbocycles. The molecule has 0 saturated carbocycles. The number of ketones is 2. The second-order valence-electron chi connectivity index (χ2n) is 10.6. The number of hydrogen-bond acceptors (Lipinski definition) is 6. The standard InChI is InChI=1S/C33H22ClN3O5/c34-24-13-4-2-11-22(24)31(39)28-29(30(38)20-9-7-10-21(18-20)37(41)42)36-26-15-6-1-8-19(26)16-17-27(36)33(28)23-12-3-5-14-25(23)35-32(33)40/h1-18,27-29H,(H,35,40). The molecule has 42 heavy (non-hydrogen) atoms. The van der Waals surface area contributed by atoms with E-state index in [4.69, 9.17) is 11.6 Å². The highest BCUT2D eigenvalue weighted by Gasteiger charge is 2.70. The summed E-state index contributed by atoms with van der Waals surface area (Å²) in [5.74, 6) is -2.60. The smallest absolute Gasteiger partial charge is 0.270 e. The van der Waals surface area contributed by atoms with Crippen LogP contribution in [0.4, 0.5) is 17.1 Å². The Labute approximate surface area is 245 Å². The lowest BCUT2D eigenvalue weighted by Crippen LogP contribution is -2.51. The number of nitro benzene ring substituents is 1. The molecular weight excluding hydrogens is 554 g/mol. The highest BCUT2D eigenvalue weighted by Crippen LogP contribution is 2.58. The van der Waals surface area contributed by atoms with Crippen molar-refractivity contribution < 1.29 is 19.3 Å². The summed E-state index contributed by atoms with van der Waals surface area (Å²) in [4.78, 5) is 56.7. The molecule has 4 unspecified atom stereocenters. The normalized spacial score (nSPS) is 23.2. The van der Waals surface area contributed by atoms with Gasteiger partial charge in [0.05, 0.1) is 21.9 Å². The Morgan fingerprint density at radius 2 is 1.64 bits per heavy atom. The first-order valence-electron chi connectivity index (χ1n) is 13.4. The molecule has 1 N–H and O–H groups in total. The first kappa shape index (κ1) is 25.9. The van der Waals surface area contributed by atoms with E-state index in [0.717, 1.165) is 5.56 Å². The fourth-order valence-corrected chi connectivity index (χ4v) is 7.12. The van der Waals surface area contributed by atoms with E-state index in [-0.39, 0.29) is 21.8 Å². The number of hydrogen-bond donors (Lipinski definition) is 1. The van der Waals surface area contributed by atoms with Crippen molar-refractivity contribution >= 4 is 52.2 Å². The van der Waals surface area contributed by atoms with Crippen LogP contribution in [-0.2, 0) is 10.2 Å². The van der Waals surface area contributed by atoms with Crippen LogP contribution in [0.15, 0.2) is 103 Å². The van der Waals surface area contributed by atoms with Gasteiger partial charge < -0.3 is 10.2 Å². The number of benzene rings is 4. The highest BCUT2D eigenvalue weighted by atomic mass is 35.5. The number of non-ortho nitro benzene ring substituents is 1. The van der Waals surface area contributed by atoms with Crippen LogP contribution in [0.5, 0.6) is 0 Å². The molecule has 0 bridgehead atoms. The molecule has 1 amide bonds. The van der Waals surface area contributed by atoms with Crippen molar-refractivity contribution in [1.29, 1.82) is 0 Å². The summed E-state index contributed by atoms with van der Waals surface area (Å²) in [5.41, 5.74) is 1.18. The quantitative estimate of drug-likeness (QED) is 0.175. The molecule has 3 heterocycles. The maximum Gasteiger partial charge on any atom is 0.270 e. The molecule has 7 rings (SSSR count). The third kappa shape index (κ3) is 3.51. The van der Waals surface area contributed by atoms with Gasteiger partial charge in [0.1, 0.15) is 11.5 Å². The number of anilines is 2. The SMILES string of the molecule is O=C(c1cccc([N+](=O)[O-])c1)C1C(C(=O)c2ccccc2Cl)C2(C(=O)Nc3ccccc32)C2C=Cc3ccccc3N12. The highest BCUT2D eigenvalue weighted by molar-refractivity contribution is 6.34. The number of nitrogens with zero attached hydrogens (tertiary/aromatic N) is 2. The lowest BCUT2D eigenvalue weighted by Gasteiger charge is -2.37. The zero-order valence-corrected chi connectivity index (χ0v) is 22.7. The minimum atomic E-state index is -1.50. The lowest BCUT2D eigenvalue weighted by molar-refractivity contribution is -0.384. The number of amides is 1. The van der Waals surface area contributed by atoms with Crippen molar-refractivity contribution in [3.63, 3.8) is 0 Å². The van der Waals surface area contributed by atoms with Gasteiger partial charge in [-0.05, 0) is 35.4 Å². The van der Waals surface area contributed by atoms with Gasteiger partial charge in [-0.2, -0.15) is 0 Å². The summed E-state index contributed by atoms with van der Waals surface area (Å²) in [7, 11) is 0. The Morgan fingerprint density at radius 1 is 0.905 bits per heavy atom. The molecule has 8 nitrogen and oxygen atoms in total. The van der Waals surface area contributed by atoms with E-state index in [1.165, 1.54) is 24.3 Å². The molecule has 0 aromatic heterocycles. The van der Waals surface area contributed by atoms with Gasteiger partial charge in [-0.25, -0.2) is 0 Å². The number of carbonyl (C=O) groups excluding carboxylic acids is 3. The second kappa shape index (κ2) is 9.49. The average molecular weight is 576 g/mol. The van der Waals surface area contributed by atoms with Gasteiger partial charge in [0.15, 0.2) is 11.6 Å². The fourth-order valence-electron chi connectivity index (χ4n) is 6.89. The predicted octanol–water partition coefficient (Wildman–Crippen LogP) is 6.10. The second-order valence-corrected chi connectivity index (χ2v) is 11.0. The largest absolute Gasteiger partial charge is 0.352 e. The van der Waals surface area contributed by atoms with Crippen LogP contribution >= 0.6 is 11.6 Å². The monoisotopic (exact) mass is 575 g/mol. The number of fused-ring (bicyclic) bond motifs is 6. The maximum atomic E-state index is 14.8. The molecular formula is C33H22ClN3O5. The molecule has 1 saturated heterocycles. The van der Waals surface area contributed by atoms with Gasteiger partial charge in [-0.1, -0.05) is 84.4 Å². The van der Waals surface area contributed by atoms with Gasteiger partial charge in [0.25, 0.3) is 5.69 Å². The third-order valence-corrected chi connectivity index (χ3v) is 8.90. The molecule has 4 aromatic carbocycles. The minimum absolute atomic E-state index is 0.0701. The zero-order chi connectivity index (χ0) is 29.2. The number of rotatable bonds is 5. The van der Waals surface area contributed by atoms with Crippen molar-refractivity contribution in [2.24, 2.45) is 5.92 Å². The third-order valence-electron chi connectivity index (χ3n) is 8.57. The van der Waals surface area contributed by atoms with Gasteiger partial charge in [0, 0.05) is 34.6 Å². The van der Waals surface area contributed by atoms with Crippen LogP contribution in [0.1, 0.15) is 31.8 Å². The molecule has 1 spiro atoms. The molecule has 3 aliphatic heterocycles. The summed E-state index contributed by atoms with van der Waals surface area (Å²) in [6.45, 7) is 0. The Morgan fingerprint density at radius 3 is 2.45 bits per heavy atom. The molecule has 206 valence electrons. The molecule has 4 aromatic rings. The van der Waals surface area contributed by atoms with Crippen molar-refractivity contribution in [3.05, 3.63) is 141 Å². The number of nitrogens with one attached hydrogen (secondary N) is 1. The first-order valence-corrected chi connectivity index (χ1v) is 13.8. The van der Waals surface area contributed by atoms with E-state index in [2.05, 4.69) is 5.32 Å². The Bertz CT molecular complexity index is 1870. The summed E-state index contributed by atoms with van der Waals surface area (Å²) >= 11 is 6.55. The van der Waals surface area contributed by atoms with Crippen LogP contribution < -0.4 is 10.2 Å². The predicted molar refractivity (Wildman–Crippen MR) is 159 cm³/mol. The molecule has 9 heteroatoms. The molecule has 3 aliphatic rings. The topological polar surface area (TPSA) is 110 Å². The van der Waals surface area contributed by atoms with E-state index >= 15 is 0 Å². The van der Waals surface area contributed by atoms with E-state index in [9.17, 15) is 24.5 Å². The van der Waals surface area contributed by atoms with Gasteiger partial charge >= 0.3 is 0 Å². The minimum Gasteiger partial charge on any atom is -0.352 e. The average Bonchev–Trinajstić information content (AvgIpc) is 3.49. The first-order chi connectivity index (χ1) is 20.3. The van der Waals surface area contributed by atoms with Crippen LogP contribution in [0, 0.1) is 16.0 Å². The van der Waals surface area contributed by atoms with E-state index < -0.39 is 45.8 Å². The van der Waals surface area contributed by atoms with E-state index in [1.807, 2.05) is 47.4 Å². The zero-order valence-electron chi connectivity index (χ0n) is 21.9. The van der Waals surface area contributed by atoms with Crippen molar-refractivity contribution in [2.45, 2.75) is 17.5 Å². The van der Waals surface area contributed by atoms with E-state index in [1.54, 1.807) is 42.5 Å². The molecule has 0 radical (unpaired) electrons. The number of nitro groups is 1. The van der Waals surface area contributed by atoms with Gasteiger partial charge in [-0.15, -0.1) is 0 Å². The van der Waals surface area contributed by atoms with Gasteiger partial charge in [-0.3, -0.25) is 24.5 Å². The summed E-state index contributed by atoms with van der Waals surface area (Å²) in [5, 5.41) is 14.8. The Kier molecular flexibility index (Phi) is 5.85. The summed E-state index contributed by atoms with van der Waals surface area (Å²) < 4.78 is 0. The Hall–Kier alpha value is -5.08. The van der Waals surface area contributed by atoms with Crippen LogP contribution in [0.25, 0.3) is 6.08 Å². The number of carbonyl (C=O) groups is 3. The van der Waals surface area contributed by atoms with Crippen LogP contribution in [0.3, 0.4) is 0 Å². The van der Waals surface area contributed by atoms with E-state index in [0.29, 0.717) is 16.9 Å². The van der Waals surface area contributed by atoms with Crippen LogP contribution in [0.2, 0.25) is 5.02 Å². The fraction of sp³-hybridized carbons (Fsp3) is 0.121.